The molecule has 168 valence electrons. The Hall–Kier alpha value is -3.58. The molecule has 1 aliphatic rings. The van der Waals surface area contributed by atoms with E-state index in [0.717, 1.165) is 25.7 Å². The molecule has 3 aromatic heterocycles. The van der Waals surface area contributed by atoms with E-state index in [9.17, 15) is 9.59 Å². The number of pyridine rings is 1. The van der Waals surface area contributed by atoms with Gasteiger partial charge in [0.25, 0.3) is 5.91 Å². The van der Waals surface area contributed by atoms with Gasteiger partial charge < -0.3 is 19.6 Å². The number of furan rings is 1. The number of fused-ring (bicyclic) bond motifs is 1. The summed E-state index contributed by atoms with van der Waals surface area (Å²) in [5.74, 6) is -0.314. The maximum atomic E-state index is 13.2. The van der Waals surface area contributed by atoms with E-state index in [1.807, 2.05) is 30.3 Å². The Labute approximate surface area is 195 Å². The molecule has 1 aromatic carbocycles. The first kappa shape index (κ1) is 21.3. The predicted octanol–water partition coefficient (Wildman–Crippen LogP) is 5.91. The van der Waals surface area contributed by atoms with Gasteiger partial charge in [-0.25, -0.2) is 4.98 Å². The Morgan fingerprint density at radius 1 is 0.970 bits per heavy atom. The van der Waals surface area contributed by atoms with Crippen molar-refractivity contribution in [3.63, 3.8) is 0 Å². The van der Waals surface area contributed by atoms with Gasteiger partial charge in [0.1, 0.15) is 17.1 Å². The van der Waals surface area contributed by atoms with Gasteiger partial charge in [-0.15, -0.1) is 0 Å². The fourth-order valence-corrected chi connectivity index (χ4v) is 4.52. The summed E-state index contributed by atoms with van der Waals surface area (Å²) in [6.45, 7) is 0. The zero-order chi connectivity index (χ0) is 22.8. The lowest BCUT2D eigenvalue weighted by atomic mass is 9.85. The molecule has 0 spiro atoms. The summed E-state index contributed by atoms with van der Waals surface area (Å²) in [6.07, 6.45) is 9.05. The Balaban J connectivity index is 1.34. The van der Waals surface area contributed by atoms with Crippen LogP contribution in [0.4, 0.5) is 11.5 Å². The highest BCUT2D eigenvalue weighted by Crippen LogP contribution is 2.35. The van der Waals surface area contributed by atoms with E-state index in [0.29, 0.717) is 33.5 Å². The molecular formula is C25H23ClN4O3. The molecule has 0 saturated heterocycles. The van der Waals surface area contributed by atoms with Crippen molar-refractivity contribution < 1.29 is 14.0 Å². The summed E-state index contributed by atoms with van der Waals surface area (Å²) in [5, 5.41) is 6.84. The predicted molar refractivity (Wildman–Crippen MR) is 127 cm³/mol. The third kappa shape index (κ3) is 4.50. The van der Waals surface area contributed by atoms with Crippen LogP contribution in [-0.4, -0.2) is 21.4 Å². The van der Waals surface area contributed by atoms with Gasteiger partial charge in [-0.2, -0.15) is 0 Å². The molecular weight excluding hydrogens is 440 g/mol. The number of amides is 2. The van der Waals surface area contributed by atoms with Gasteiger partial charge in [0.05, 0.1) is 5.02 Å². The molecule has 1 fully saturated rings. The molecule has 1 saturated carbocycles. The van der Waals surface area contributed by atoms with Gasteiger partial charge >= 0.3 is 0 Å². The number of carbonyl (C=O) groups is 2. The molecule has 5 rings (SSSR count). The molecule has 4 aromatic rings. The first-order valence-corrected chi connectivity index (χ1v) is 11.3. The number of nitrogens with one attached hydrogen (secondary N) is 2. The van der Waals surface area contributed by atoms with E-state index < -0.39 is 5.91 Å². The minimum atomic E-state index is -0.493. The minimum Gasteiger partial charge on any atom is -0.449 e. The van der Waals surface area contributed by atoms with Gasteiger partial charge in [0.15, 0.2) is 0 Å². The Kier molecular flexibility index (Phi) is 5.88. The lowest BCUT2D eigenvalue weighted by Gasteiger charge is -2.28. The third-order valence-corrected chi connectivity index (χ3v) is 6.36. The van der Waals surface area contributed by atoms with Gasteiger partial charge in [0, 0.05) is 35.9 Å². The van der Waals surface area contributed by atoms with Gasteiger partial charge in [-0.1, -0.05) is 23.7 Å². The topological polar surface area (TPSA) is 89.2 Å². The first-order valence-electron chi connectivity index (χ1n) is 11.0. The maximum Gasteiger partial charge on any atom is 0.294 e. The van der Waals surface area contributed by atoms with E-state index in [-0.39, 0.29) is 17.6 Å². The zero-order valence-electron chi connectivity index (χ0n) is 17.8. The van der Waals surface area contributed by atoms with Crippen LogP contribution in [0.3, 0.4) is 0 Å². The van der Waals surface area contributed by atoms with E-state index in [4.69, 9.17) is 16.0 Å². The number of carbonyl (C=O) groups excluding carboxylic acids is 2. The van der Waals surface area contributed by atoms with Crippen molar-refractivity contribution in [1.29, 1.82) is 0 Å². The highest BCUT2D eigenvalue weighted by Gasteiger charge is 2.29. The molecule has 0 radical (unpaired) electrons. The molecule has 2 N–H and O–H groups in total. The number of hydrogen-bond acceptors (Lipinski definition) is 4. The second-order valence-corrected chi connectivity index (χ2v) is 8.68. The van der Waals surface area contributed by atoms with Gasteiger partial charge in [0.2, 0.25) is 11.7 Å². The monoisotopic (exact) mass is 462 g/mol. The zero-order valence-corrected chi connectivity index (χ0v) is 18.6. The quantitative estimate of drug-likeness (QED) is 0.386. The van der Waals surface area contributed by atoms with Crippen molar-refractivity contribution in [1.82, 2.24) is 9.55 Å². The summed E-state index contributed by atoms with van der Waals surface area (Å²) < 4.78 is 8.04. The molecule has 2 amide bonds. The number of benzene rings is 1. The van der Waals surface area contributed by atoms with Crippen LogP contribution in [0.25, 0.3) is 11.0 Å². The minimum absolute atomic E-state index is 0.0438. The average Bonchev–Trinajstić information content (AvgIpc) is 3.50. The fraction of sp³-hybridized carbons (Fsp3) is 0.240. The Bertz CT molecular complexity index is 1270. The van der Waals surface area contributed by atoms with Crippen molar-refractivity contribution in [3.05, 3.63) is 77.9 Å². The summed E-state index contributed by atoms with van der Waals surface area (Å²) >= 11 is 5.87. The standard InChI is InChI=1S/C25H23ClN4O3/c26-17-9-12-21(27-15-17)28-25(32)23-22(19-5-1-2-6-20(19)33-23)29-24(31)16-7-10-18(11-8-16)30-13-3-4-14-30/h1-6,9,12-16,18H,7-8,10-11H2,(H,29,31)(H,27,28,32)/t16-,18-. The summed E-state index contributed by atoms with van der Waals surface area (Å²) in [5.41, 5.74) is 0.910. The second kappa shape index (κ2) is 9.11. The average molecular weight is 463 g/mol. The van der Waals surface area contributed by atoms with E-state index in [1.54, 1.807) is 18.2 Å². The van der Waals surface area contributed by atoms with Crippen LogP contribution in [0.5, 0.6) is 0 Å². The Morgan fingerprint density at radius 2 is 1.73 bits per heavy atom. The number of nitrogens with zero attached hydrogens (tertiary/aromatic N) is 2. The number of para-hydroxylation sites is 1. The van der Waals surface area contributed by atoms with Crippen molar-refractivity contribution >= 4 is 45.9 Å². The molecule has 0 atom stereocenters. The normalized spacial score (nSPS) is 18.2. The third-order valence-electron chi connectivity index (χ3n) is 6.14. The molecule has 8 heteroatoms. The SMILES string of the molecule is O=C(Nc1ccc(Cl)cn1)c1oc2ccccc2c1NC(=O)[C@H]1CC[C@H](n2cccc2)CC1. The lowest BCUT2D eigenvalue weighted by Crippen LogP contribution is -2.28. The van der Waals surface area contributed by atoms with Crippen molar-refractivity contribution in [2.24, 2.45) is 5.92 Å². The van der Waals surface area contributed by atoms with Crippen molar-refractivity contribution in [3.8, 4) is 0 Å². The molecule has 3 heterocycles. The highest BCUT2D eigenvalue weighted by atomic mass is 35.5. The largest absolute Gasteiger partial charge is 0.449 e. The smallest absolute Gasteiger partial charge is 0.294 e. The van der Waals surface area contributed by atoms with Crippen LogP contribution in [0.15, 0.2) is 71.5 Å². The molecule has 0 unspecified atom stereocenters. The van der Waals surface area contributed by atoms with E-state index in [1.165, 1.54) is 6.20 Å². The number of rotatable bonds is 5. The van der Waals surface area contributed by atoms with Crippen LogP contribution < -0.4 is 10.6 Å². The summed E-state index contributed by atoms with van der Waals surface area (Å²) in [4.78, 5) is 30.2. The van der Waals surface area contributed by atoms with Crippen LogP contribution in [0.1, 0.15) is 42.3 Å². The van der Waals surface area contributed by atoms with E-state index >= 15 is 0 Å². The number of aromatic nitrogens is 2. The maximum absolute atomic E-state index is 13.2. The number of halogens is 1. The van der Waals surface area contributed by atoms with Crippen LogP contribution >= 0.6 is 11.6 Å². The van der Waals surface area contributed by atoms with Crippen LogP contribution in [0.2, 0.25) is 5.02 Å². The Morgan fingerprint density at radius 3 is 2.45 bits per heavy atom. The first-order chi connectivity index (χ1) is 16.1. The van der Waals surface area contributed by atoms with Crippen LogP contribution in [0, 0.1) is 5.92 Å². The number of anilines is 2. The molecule has 33 heavy (non-hydrogen) atoms. The van der Waals surface area contributed by atoms with E-state index in [2.05, 4.69) is 32.6 Å². The van der Waals surface area contributed by atoms with Crippen molar-refractivity contribution in [2.75, 3.05) is 10.6 Å². The summed E-state index contributed by atoms with van der Waals surface area (Å²) in [6, 6.07) is 15.0. The lowest BCUT2D eigenvalue weighted by molar-refractivity contribution is -0.121. The molecule has 7 nitrogen and oxygen atoms in total. The highest BCUT2D eigenvalue weighted by molar-refractivity contribution is 6.30. The van der Waals surface area contributed by atoms with Gasteiger partial charge in [-0.3, -0.25) is 9.59 Å². The van der Waals surface area contributed by atoms with Crippen molar-refractivity contribution in [2.45, 2.75) is 31.7 Å². The second-order valence-electron chi connectivity index (χ2n) is 8.24. The fourth-order valence-electron chi connectivity index (χ4n) is 4.40. The van der Waals surface area contributed by atoms with Crippen LogP contribution in [-0.2, 0) is 4.79 Å². The summed E-state index contributed by atoms with van der Waals surface area (Å²) in [7, 11) is 0. The molecule has 0 bridgehead atoms. The number of hydrogen-bond donors (Lipinski definition) is 2. The van der Waals surface area contributed by atoms with Gasteiger partial charge in [-0.05, 0) is 62.1 Å². The molecule has 1 aliphatic carbocycles. The molecule has 0 aliphatic heterocycles.